The fraction of sp³-hybridized carbons (Fsp3) is 0.933. The van der Waals surface area contributed by atoms with Gasteiger partial charge in [0, 0.05) is 6.04 Å². The third-order valence-electron chi connectivity index (χ3n) is 3.90. The van der Waals surface area contributed by atoms with Crippen LogP contribution < -0.4 is 5.73 Å². The van der Waals surface area contributed by atoms with Gasteiger partial charge in [-0.15, -0.1) is 0 Å². The van der Waals surface area contributed by atoms with Crippen molar-refractivity contribution >= 4 is 5.97 Å². The van der Waals surface area contributed by atoms with Gasteiger partial charge in [0.2, 0.25) is 0 Å². The molecule has 3 N–H and O–H groups in total. The Morgan fingerprint density at radius 2 is 1.79 bits per heavy atom. The lowest BCUT2D eigenvalue weighted by Crippen LogP contribution is -2.48. The van der Waals surface area contributed by atoms with Crippen molar-refractivity contribution < 1.29 is 9.90 Å². The monoisotopic (exact) mass is 272 g/mol. The van der Waals surface area contributed by atoms with E-state index >= 15 is 0 Å². The van der Waals surface area contributed by atoms with E-state index in [1.54, 1.807) is 0 Å². The van der Waals surface area contributed by atoms with E-state index in [4.69, 9.17) is 10.8 Å². The largest absolute Gasteiger partial charge is 0.480 e. The van der Waals surface area contributed by atoms with Gasteiger partial charge in [-0.3, -0.25) is 4.79 Å². The summed E-state index contributed by atoms with van der Waals surface area (Å²) in [4.78, 5) is 13.6. The number of aliphatic carboxylic acids is 1. The highest BCUT2D eigenvalue weighted by atomic mass is 16.4. The minimum absolute atomic E-state index is 0.486. The molecule has 1 atom stereocenters. The van der Waals surface area contributed by atoms with Crippen LogP contribution >= 0.6 is 0 Å². The van der Waals surface area contributed by atoms with Crippen molar-refractivity contribution in [2.75, 3.05) is 13.1 Å². The van der Waals surface area contributed by atoms with Gasteiger partial charge in [-0.05, 0) is 52.6 Å². The van der Waals surface area contributed by atoms with Crippen LogP contribution in [-0.2, 0) is 4.79 Å². The van der Waals surface area contributed by atoms with E-state index in [2.05, 4.69) is 25.7 Å². The molecule has 19 heavy (non-hydrogen) atoms. The number of nitrogens with two attached hydrogens (primary N) is 1. The standard InChI is InChI=1S/C15H32N2O2/c1-5-7-8-11-17(13(3)4)12-9-10-15(16,6-2)14(18)19/h13H,5-12,16H2,1-4H3,(H,18,19). The molecule has 4 heteroatoms. The Bertz CT molecular complexity index is 257. The van der Waals surface area contributed by atoms with Crippen LogP contribution in [-0.4, -0.2) is 40.6 Å². The van der Waals surface area contributed by atoms with Crippen LogP contribution in [0.2, 0.25) is 0 Å². The molecule has 0 amide bonds. The molecule has 0 aliphatic heterocycles. The summed E-state index contributed by atoms with van der Waals surface area (Å²) >= 11 is 0. The summed E-state index contributed by atoms with van der Waals surface area (Å²) in [6.45, 7) is 10.5. The Morgan fingerprint density at radius 1 is 1.21 bits per heavy atom. The van der Waals surface area contributed by atoms with Crippen LogP contribution in [0.3, 0.4) is 0 Å². The summed E-state index contributed by atoms with van der Waals surface area (Å²) in [7, 11) is 0. The number of nitrogens with zero attached hydrogens (tertiary/aromatic N) is 1. The molecule has 0 aliphatic rings. The van der Waals surface area contributed by atoms with Gasteiger partial charge in [-0.25, -0.2) is 0 Å². The van der Waals surface area contributed by atoms with Gasteiger partial charge in [0.25, 0.3) is 0 Å². The fourth-order valence-electron chi connectivity index (χ4n) is 2.23. The first kappa shape index (κ1) is 18.4. The topological polar surface area (TPSA) is 66.6 Å². The maximum Gasteiger partial charge on any atom is 0.323 e. The molecule has 0 rings (SSSR count). The van der Waals surface area contributed by atoms with E-state index < -0.39 is 11.5 Å². The zero-order valence-electron chi connectivity index (χ0n) is 13.1. The summed E-state index contributed by atoms with van der Waals surface area (Å²) in [5.74, 6) is -0.878. The molecule has 0 aromatic rings. The highest BCUT2D eigenvalue weighted by molar-refractivity contribution is 5.78. The molecule has 4 nitrogen and oxygen atoms in total. The molecule has 0 bridgehead atoms. The predicted molar refractivity (Wildman–Crippen MR) is 80.3 cm³/mol. The Morgan fingerprint density at radius 3 is 2.21 bits per heavy atom. The third kappa shape index (κ3) is 6.92. The quantitative estimate of drug-likeness (QED) is 0.568. The van der Waals surface area contributed by atoms with Crippen molar-refractivity contribution in [2.24, 2.45) is 5.73 Å². The molecule has 0 radical (unpaired) electrons. The molecule has 1 unspecified atom stereocenters. The smallest absolute Gasteiger partial charge is 0.323 e. The second-order valence-electron chi connectivity index (χ2n) is 5.76. The fourth-order valence-corrected chi connectivity index (χ4v) is 2.23. The van der Waals surface area contributed by atoms with Crippen molar-refractivity contribution in [3.05, 3.63) is 0 Å². The molecule has 0 aromatic carbocycles. The Hall–Kier alpha value is -0.610. The van der Waals surface area contributed by atoms with E-state index in [1.807, 2.05) is 6.92 Å². The van der Waals surface area contributed by atoms with Crippen LogP contribution in [0.5, 0.6) is 0 Å². The van der Waals surface area contributed by atoms with Crippen LogP contribution in [0.25, 0.3) is 0 Å². The number of unbranched alkanes of at least 4 members (excludes halogenated alkanes) is 2. The summed E-state index contributed by atoms with van der Waals surface area (Å²) in [6, 6.07) is 0.510. The lowest BCUT2D eigenvalue weighted by molar-refractivity contribution is -0.143. The normalized spacial score (nSPS) is 14.9. The molecule has 0 aliphatic carbocycles. The van der Waals surface area contributed by atoms with Crippen molar-refractivity contribution in [3.8, 4) is 0 Å². The lowest BCUT2D eigenvalue weighted by atomic mass is 9.91. The summed E-state index contributed by atoms with van der Waals surface area (Å²) in [5.41, 5.74) is 4.86. The zero-order valence-corrected chi connectivity index (χ0v) is 13.1. The summed E-state index contributed by atoms with van der Waals surface area (Å²) in [6.07, 6.45) is 5.59. The van der Waals surface area contributed by atoms with Crippen molar-refractivity contribution in [3.63, 3.8) is 0 Å². The summed E-state index contributed by atoms with van der Waals surface area (Å²) < 4.78 is 0. The summed E-state index contributed by atoms with van der Waals surface area (Å²) in [5, 5.41) is 9.14. The van der Waals surface area contributed by atoms with E-state index in [0.717, 1.165) is 19.5 Å². The first-order chi connectivity index (χ1) is 8.87. The Kier molecular flexibility index (Phi) is 9.02. The number of carboxylic acid groups (broad SMARTS) is 1. The maximum absolute atomic E-state index is 11.1. The zero-order chi connectivity index (χ0) is 14.9. The van der Waals surface area contributed by atoms with E-state index in [0.29, 0.717) is 18.9 Å². The van der Waals surface area contributed by atoms with Crippen LogP contribution in [0.4, 0.5) is 0 Å². The van der Waals surface area contributed by atoms with Crippen LogP contribution in [0, 0.1) is 0 Å². The van der Waals surface area contributed by atoms with Gasteiger partial charge in [-0.1, -0.05) is 26.7 Å². The highest BCUT2D eigenvalue weighted by Crippen LogP contribution is 2.16. The first-order valence-electron chi connectivity index (χ1n) is 7.63. The average molecular weight is 272 g/mol. The molecule has 0 saturated carbocycles. The number of hydrogen-bond donors (Lipinski definition) is 2. The van der Waals surface area contributed by atoms with Crippen molar-refractivity contribution in [2.45, 2.75) is 77.8 Å². The molecule has 0 saturated heterocycles. The third-order valence-corrected chi connectivity index (χ3v) is 3.90. The maximum atomic E-state index is 11.1. The number of hydrogen-bond acceptors (Lipinski definition) is 3. The van der Waals surface area contributed by atoms with E-state index in [9.17, 15) is 4.79 Å². The van der Waals surface area contributed by atoms with Crippen LogP contribution in [0.1, 0.15) is 66.2 Å². The average Bonchev–Trinajstić information content (AvgIpc) is 2.36. The van der Waals surface area contributed by atoms with Gasteiger partial charge in [-0.2, -0.15) is 0 Å². The van der Waals surface area contributed by atoms with Crippen molar-refractivity contribution in [1.82, 2.24) is 4.90 Å². The van der Waals surface area contributed by atoms with Gasteiger partial charge >= 0.3 is 5.97 Å². The van der Waals surface area contributed by atoms with E-state index in [-0.39, 0.29) is 0 Å². The Balaban J connectivity index is 4.14. The minimum atomic E-state index is -1.05. The van der Waals surface area contributed by atoms with Gasteiger partial charge in [0.15, 0.2) is 0 Å². The molecular weight excluding hydrogens is 240 g/mol. The lowest BCUT2D eigenvalue weighted by Gasteiger charge is -2.29. The molecule has 0 aromatic heterocycles. The molecular formula is C15H32N2O2. The van der Waals surface area contributed by atoms with Gasteiger partial charge in [0.05, 0.1) is 0 Å². The molecule has 0 spiro atoms. The molecule has 0 heterocycles. The second-order valence-corrected chi connectivity index (χ2v) is 5.76. The number of carbonyl (C=O) groups is 1. The van der Waals surface area contributed by atoms with Crippen molar-refractivity contribution in [1.29, 1.82) is 0 Å². The first-order valence-corrected chi connectivity index (χ1v) is 7.63. The SMILES string of the molecule is CCCCCN(CCCC(N)(CC)C(=O)O)C(C)C. The number of carboxylic acids is 1. The molecule has 114 valence electrons. The second kappa shape index (κ2) is 9.32. The highest BCUT2D eigenvalue weighted by Gasteiger charge is 2.31. The minimum Gasteiger partial charge on any atom is -0.480 e. The Labute approximate surface area is 118 Å². The van der Waals surface area contributed by atoms with Crippen LogP contribution in [0.15, 0.2) is 0 Å². The number of rotatable bonds is 11. The van der Waals surface area contributed by atoms with E-state index in [1.165, 1.54) is 19.3 Å². The van der Waals surface area contributed by atoms with Gasteiger partial charge < -0.3 is 15.7 Å². The van der Waals surface area contributed by atoms with Gasteiger partial charge in [0.1, 0.15) is 5.54 Å². The predicted octanol–water partition coefficient (Wildman–Crippen LogP) is 2.86. The molecule has 0 fully saturated rings.